The van der Waals surface area contributed by atoms with Crippen molar-refractivity contribution in [2.75, 3.05) is 24.7 Å². The van der Waals surface area contributed by atoms with Crippen LogP contribution >= 0.6 is 0 Å². The molecule has 0 unspecified atom stereocenters. The summed E-state index contributed by atoms with van der Waals surface area (Å²) in [5.41, 5.74) is 1.76. The van der Waals surface area contributed by atoms with Crippen LogP contribution < -0.4 is 4.90 Å². The molecule has 0 saturated carbocycles. The summed E-state index contributed by atoms with van der Waals surface area (Å²) >= 11 is 0. The van der Waals surface area contributed by atoms with Gasteiger partial charge in [0, 0.05) is 38.3 Å². The highest BCUT2D eigenvalue weighted by atomic mass is 16.6. The molecule has 1 aliphatic rings. The lowest BCUT2D eigenvalue weighted by Crippen LogP contribution is -2.42. The number of nitrogens with zero attached hydrogens (tertiary/aromatic N) is 5. The van der Waals surface area contributed by atoms with Gasteiger partial charge in [0.05, 0.1) is 4.92 Å². The fraction of sp³-hybridized carbons (Fsp3) is 0.632. The molecule has 0 aliphatic carbocycles. The second kappa shape index (κ2) is 9.09. The van der Waals surface area contributed by atoms with Crippen LogP contribution in [0, 0.1) is 16.0 Å². The van der Waals surface area contributed by atoms with E-state index in [0.717, 1.165) is 24.9 Å². The van der Waals surface area contributed by atoms with E-state index in [4.69, 9.17) is 4.74 Å². The normalized spacial score (nSPS) is 16.3. The molecule has 2 heterocycles. The monoisotopic (exact) mass is 388 g/mol. The lowest BCUT2D eigenvalue weighted by molar-refractivity contribution is -0.384. The van der Waals surface area contributed by atoms with E-state index >= 15 is 0 Å². The van der Waals surface area contributed by atoms with Crippen LogP contribution in [0.25, 0.3) is 0 Å². The number of aromatic amines is 1. The quantitative estimate of drug-likeness (QED) is 0.546. The van der Waals surface area contributed by atoms with Gasteiger partial charge in [-0.3, -0.25) is 10.1 Å². The van der Waals surface area contributed by atoms with Gasteiger partial charge in [0.1, 0.15) is 11.5 Å². The van der Waals surface area contributed by atoms with Gasteiger partial charge in [-0.2, -0.15) is 0 Å². The Morgan fingerprint density at radius 2 is 2.07 bits per heavy atom. The van der Waals surface area contributed by atoms with Crippen LogP contribution in [0.15, 0.2) is 18.2 Å². The van der Waals surface area contributed by atoms with E-state index in [-0.39, 0.29) is 22.6 Å². The summed E-state index contributed by atoms with van der Waals surface area (Å²) in [5.74, 6) is 1.13. The highest BCUT2D eigenvalue weighted by Gasteiger charge is 2.28. The molecule has 0 radical (unpaired) electrons. The number of ether oxygens (including phenoxy) is 1. The minimum Gasteiger partial charge on any atom is -0.381 e. The van der Waals surface area contributed by atoms with Crippen molar-refractivity contribution in [2.45, 2.75) is 52.0 Å². The molecule has 0 amide bonds. The van der Waals surface area contributed by atoms with Crippen molar-refractivity contribution in [2.24, 2.45) is 5.92 Å². The Morgan fingerprint density at radius 1 is 1.32 bits per heavy atom. The number of hydrogen-bond acceptors (Lipinski definition) is 7. The van der Waals surface area contributed by atoms with Gasteiger partial charge in [0.15, 0.2) is 0 Å². The number of nitro groups is 1. The standard InChI is InChI=1S/C19H28N6O3/c1-13(2)12-24(16-6-8-28-9-7-16)17-5-4-15(11-18(17)25(26)27)14(3)10-19-20-22-23-21-19/h4-5,11,13-14,16H,6-10,12H2,1-3H3,(H,20,21,22,23)/t14-/m1/s1. The van der Waals surface area contributed by atoms with Crippen LogP contribution in [0.3, 0.4) is 0 Å². The molecule has 28 heavy (non-hydrogen) atoms. The Kier molecular flexibility index (Phi) is 6.56. The number of anilines is 1. The van der Waals surface area contributed by atoms with E-state index in [9.17, 15) is 10.1 Å². The molecule has 9 heteroatoms. The summed E-state index contributed by atoms with van der Waals surface area (Å²) in [6.45, 7) is 8.48. The maximum absolute atomic E-state index is 11.9. The fourth-order valence-electron chi connectivity index (χ4n) is 3.74. The summed E-state index contributed by atoms with van der Waals surface area (Å²) < 4.78 is 5.49. The number of nitro benzene ring substituents is 1. The molecule has 1 fully saturated rings. The van der Waals surface area contributed by atoms with Crippen molar-refractivity contribution in [3.63, 3.8) is 0 Å². The Hall–Kier alpha value is -2.55. The second-order valence-electron chi connectivity index (χ2n) is 7.85. The molecular weight excluding hydrogens is 360 g/mol. The van der Waals surface area contributed by atoms with Crippen molar-refractivity contribution in [1.29, 1.82) is 0 Å². The highest BCUT2D eigenvalue weighted by molar-refractivity contribution is 5.65. The number of tetrazole rings is 1. The molecule has 2 aromatic rings. The van der Waals surface area contributed by atoms with Gasteiger partial charge in [-0.1, -0.05) is 26.8 Å². The highest BCUT2D eigenvalue weighted by Crippen LogP contribution is 2.35. The topological polar surface area (TPSA) is 110 Å². The van der Waals surface area contributed by atoms with Gasteiger partial charge < -0.3 is 9.64 Å². The zero-order chi connectivity index (χ0) is 20.1. The number of aromatic nitrogens is 4. The lowest BCUT2D eigenvalue weighted by Gasteiger charge is -2.37. The van der Waals surface area contributed by atoms with Crippen LogP contribution in [-0.4, -0.2) is 51.3 Å². The summed E-state index contributed by atoms with van der Waals surface area (Å²) in [5, 5.41) is 25.7. The van der Waals surface area contributed by atoms with Gasteiger partial charge in [-0.05, 0) is 46.7 Å². The molecule has 152 valence electrons. The van der Waals surface area contributed by atoms with Gasteiger partial charge in [-0.25, -0.2) is 5.10 Å². The Morgan fingerprint density at radius 3 is 2.68 bits per heavy atom. The van der Waals surface area contributed by atoms with E-state index in [1.807, 2.05) is 19.1 Å². The fourth-order valence-corrected chi connectivity index (χ4v) is 3.74. The van der Waals surface area contributed by atoms with E-state index in [0.29, 0.717) is 37.1 Å². The first-order valence-corrected chi connectivity index (χ1v) is 9.81. The maximum atomic E-state index is 11.9. The lowest BCUT2D eigenvalue weighted by atomic mass is 9.95. The predicted molar refractivity (Wildman–Crippen MR) is 105 cm³/mol. The molecule has 1 saturated heterocycles. The van der Waals surface area contributed by atoms with Gasteiger partial charge in [-0.15, -0.1) is 5.10 Å². The van der Waals surface area contributed by atoms with Crippen molar-refractivity contribution in [1.82, 2.24) is 20.6 Å². The predicted octanol–water partition coefficient (Wildman–Crippen LogP) is 3.10. The zero-order valence-electron chi connectivity index (χ0n) is 16.7. The number of rotatable bonds is 8. The van der Waals surface area contributed by atoms with Gasteiger partial charge >= 0.3 is 0 Å². The zero-order valence-corrected chi connectivity index (χ0v) is 16.7. The molecule has 1 N–H and O–H groups in total. The van der Waals surface area contributed by atoms with Crippen LogP contribution in [0.2, 0.25) is 0 Å². The smallest absolute Gasteiger partial charge is 0.292 e. The molecule has 1 aromatic heterocycles. The molecule has 0 bridgehead atoms. The van der Waals surface area contributed by atoms with E-state index in [1.165, 1.54) is 0 Å². The van der Waals surface area contributed by atoms with Crippen molar-refractivity contribution >= 4 is 11.4 Å². The van der Waals surface area contributed by atoms with Crippen LogP contribution in [-0.2, 0) is 11.2 Å². The number of benzene rings is 1. The molecule has 0 spiro atoms. The first-order chi connectivity index (χ1) is 13.5. The number of hydrogen-bond donors (Lipinski definition) is 1. The third-order valence-electron chi connectivity index (χ3n) is 5.16. The molecule has 1 atom stereocenters. The van der Waals surface area contributed by atoms with Crippen LogP contribution in [0.4, 0.5) is 11.4 Å². The van der Waals surface area contributed by atoms with E-state index in [2.05, 4.69) is 39.4 Å². The number of H-pyrrole nitrogens is 1. The second-order valence-corrected chi connectivity index (χ2v) is 7.85. The molecule has 9 nitrogen and oxygen atoms in total. The van der Waals surface area contributed by atoms with Crippen molar-refractivity contribution in [3.8, 4) is 0 Å². The largest absolute Gasteiger partial charge is 0.381 e. The minimum absolute atomic E-state index is 0.0594. The summed E-state index contributed by atoms with van der Waals surface area (Å²) in [7, 11) is 0. The summed E-state index contributed by atoms with van der Waals surface area (Å²) in [4.78, 5) is 13.8. The maximum Gasteiger partial charge on any atom is 0.292 e. The minimum atomic E-state index is -0.270. The van der Waals surface area contributed by atoms with E-state index in [1.54, 1.807) is 6.07 Å². The Balaban J connectivity index is 1.90. The Labute approximate surface area is 164 Å². The van der Waals surface area contributed by atoms with Crippen molar-refractivity contribution < 1.29 is 9.66 Å². The summed E-state index contributed by atoms with van der Waals surface area (Å²) in [6, 6.07) is 5.86. The third kappa shape index (κ3) is 4.83. The first-order valence-electron chi connectivity index (χ1n) is 9.81. The average molecular weight is 388 g/mol. The first kappa shape index (κ1) is 20.2. The Bertz CT molecular complexity index is 774. The van der Waals surface area contributed by atoms with Gasteiger partial charge in [0.2, 0.25) is 0 Å². The van der Waals surface area contributed by atoms with Crippen LogP contribution in [0.5, 0.6) is 0 Å². The van der Waals surface area contributed by atoms with Crippen LogP contribution in [0.1, 0.15) is 50.9 Å². The SMILES string of the molecule is CC(C)CN(c1ccc([C@H](C)Cc2nnn[nH]2)cc1[N+](=O)[O-])C1CCOCC1. The van der Waals surface area contributed by atoms with Gasteiger partial charge in [0.25, 0.3) is 5.69 Å². The molecule has 3 rings (SSSR count). The number of nitrogens with one attached hydrogen (secondary N) is 1. The average Bonchev–Trinajstić information content (AvgIpc) is 3.19. The van der Waals surface area contributed by atoms with E-state index < -0.39 is 0 Å². The van der Waals surface area contributed by atoms with Crippen molar-refractivity contribution in [3.05, 3.63) is 39.7 Å². The molecular formula is C19H28N6O3. The summed E-state index contributed by atoms with van der Waals surface area (Å²) in [6.07, 6.45) is 2.38. The molecule has 1 aliphatic heterocycles. The third-order valence-corrected chi connectivity index (χ3v) is 5.16. The molecule has 1 aromatic carbocycles.